The van der Waals surface area contributed by atoms with E-state index >= 15 is 0 Å². The van der Waals surface area contributed by atoms with Crippen LogP contribution in [0.3, 0.4) is 0 Å². The number of fused-ring (bicyclic) bond motifs is 1. The molecule has 0 saturated carbocycles. The summed E-state index contributed by atoms with van der Waals surface area (Å²) < 4.78 is 46.4. The second kappa shape index (κ2) is 11.5. The molecule has 0 saturated heterocycles. The molecule has 1 amide bonds. The Labute approximate surface area is 234 Å². The van der Waals surface area contributed by atoms with Crippen molar-refractivity contribution in [2.45, 2.75) is 6.61 Å². The molecule has 0 unspecified atom stereocenters. The number of anilines is 1. The molecule has 9 heteroatoms. The Hall–Kier alpha value is -5.18. The average Bonchev–Trinajstić information content (AvgIpc) is 2.99. The van der Waals surface area contributed by atoms with Gasteiger partial charge in [0.1, 0.15) is 41.1 Å². The Kier molecular flexibility index (Phi) is 7.69. The first-order chi connectivity index (χ1) is 19.8. The van der Waals surface area contributed by atoms with Crippen LogP contribution in [-0.4, -0.2) is 31.7 Å². The molecular weight excluding hydrogens is 530 g/mol. The van der Waals surface area contributed by atoms with E-state index < -0.39 is 23.0 Å². The van der Waals surface area contributed by atoms with Gasteiger partial charge in [-0.3, -0.25) is 9.59 Å². The molecule has 0 aliphatic heterocycles. The summed E-state index contributed by atoms with van der Waals surface area (Å²) in [5, 5.41) is 0.241. The summed E-state index contributed by atoms with van der Waals surface area (Å²) >= 11 is 0. The largest absolute Gasteiger partial charge is 0.497 e. The lowest BCUT2D eigenvalue weighted by molar-refractivity contribution is 0.0991. The number of rotatable bonds is 8. The predicted molar refractivity (Wildman–Crippen MR) is 153 cm³/mol. The van der Waals surface area contributed by atoms with Crippen LogP contribution in [0.4, 0.5) is 14.5 Å². The van der Waals surface area contributed by atoms with Gasteiger partial charge >= 0.3 is 0 Å². The van der Waals surface area contributed by atoms with Crippen molar-refractivity contribution in [2.24, 2.45) is 0 Å². The highest BCUT2D eigenvalue weighted by Gasteiger charge is 2.22. The molecule has 0 bridgehead atoms. The van der Waals surface area contributed by atoms with Crippen LogP contribution in [0.1, 0.15) is 15.9 Å². The van der Waals surface area contributed by atoms with Gasteiger partial charge in [0.25, 0.3) is 5.91 Å². The normalized spacial score (nSPS) is 10.9. The summed E-state index contributed by atoms with van der Waals surface area (Å²) in [7, 11) is 4.38. The predicted octanol–water partition coefficient (Wildman–Crippen LogP) is 6.14. The van der Waals surface area contributed by atoms with Crippen molar-refractivity contribution in [2.75, 3.05) is 26.2 Å². The third kappa shape index (κ3) is 5.74. The number of amides is 1. The number of carbonyl (C=O) groups excluding carboxylic acids is 1. The minimum Gasteiger partial charge on any atom is -0.497 e. The van der Waals surface area contributed by atoms with E-state index in [1.54, 1.807) is 41.0 Å². The molecule has 208 valence electrons. The molecule has 0 N–H and O–H groups in total. The van der Waals surface area contributed by atoms with Crippen molar-refractivity contribution in [1.29, 1.82) is 0 Å². The molecule has 41 heavy (non-hydrogen) atoms. The topological polar surface area (TPSA) is 70.0 Å². The maximum atomic E-state index is 13.9. The number of hydrogen-bond donors (Lipinski definition) is 0. The Morgan fingerprint density at radius 1 is 0.829 bits per heavy atom. The first kappa shape index (κ1) is 27.4. The van der Waals surface area contributed by atoms with Gasteiger partial charge in [-0.1, -0.05) is 30.3 Å². The summed E-state index contributed by atoms with van der Waals surface area (Å²) in [6.45, 7) is 0.310. The van der Waals surface area contributed by atoms with Crippen LogP contribution in [0.15, 0.2) is 95.9 Å². The fourth-order valence-electron chi connectivity index (χ4n) is 4.47. The van der Waals surface area contributed by atoms with Crippen LogP contribution in [0.5, 0.6) is 17.2 Å². The summed E-state index contributed by atoms with van der Waals surface area (Å²) in [4.78, 5) is 28.2. The number of aromatic nitrogens is 1. The highest BCUT2D eigenvalue weighted by molar-refractivity contribution is 6.07. The lowest BCUT2D eigenvalue weighted by Crippen LogP contribution is -2.32. The number of halogens is 2. The lowest BCUT2D eigenvalue weighted by Gasteiger charge is -2.20. The molecule has 0 radical (unpaired) electrons. The minimum atomic E-state index is -0.845. The smallest absolute Gasteiger partial charge is 0.263 e. The van der Waals surface area contributed by atoms with Gasteiger partial charge in [-0.15, -0.1) is 0 Å². The number of nitrogens with zero attached hydrogens (tertiary/aromatic N) is 2. The monoisotopic (exact) mass is 556 g/mol. The van der Waals surface area contributed by atoms with Crippen molar-refractivity contribution in [3.8, 4) is 22.9 Å². The Morgan fingerprint density at radius 2 is 1.51 bits per heavy atom. The Morgan fingerprint density at radius 3 is 2.20 bits per heavy atom. The molecule has 4 aromatic carbocycles. The average molecular weight is 557 g/mol. The van der Waals surface area contributed by atoms with Crippen molar-refractivity contribution >= 4 is 22.5 Å². The quantitative estimate of drug-likeness (QED) is 0.230. The fraction of sp³-hybridized carbons (Fsp3) is 0.125. The Bertz CT molecular complexity index is 1780. The standard InChI is InChI=1S/C32H26F2N2O5/c1-35(23-12-21(33)11-22(34)13-23)32(38)29-18-36(30-17-25(39-2)9-10-28(30)31(29)37)24-14-26(40-3)16-27(15-24)41-19-20-7-5-4-6-8-20/h4-18H,19H2,1-3H3. The van der Waals surface area contributed by atoms with Gasteiger partial charge < -0.3 is 23.7 Å². The zero-order chi connectivity index (χ0) is 29.1. The van der Waals surface area contributed by atoms with E-state index in [1.807, 2.05) is 30.3 Å². The number of hydrogen-bond acceptors (Lipinski definition) is 5. The van der Waals surface area contributed by atoms with Crippen molar-refractivity contribution in [3.05, 3.63) is 124 Å². The van der Waals surface area contributed by atoms with Crippen molar-refractivity contribution in [3.63, 3.8) is 0 Å². The summed E-state index contributed by atoms with van der Waals surface area (Å²) in [6.07, 6.45) is 1.40. The molecule has 1 aromatic heterocycles. The highest BCUT2D eigenvalue weighted by Crippen LogP contribution is 2.30. The van der Waals surface area contributed by atoms with E-state index in [-0.39, 0.29) is 16.6 Å². The van der Waals surface area contributed by atoms with Crippen LogP contribution in [0, 0.1) is 11.6 Å². The highest BCUT2D eigenvalue weighted by atomic mass is 19.1. The maximum absolute atomic E-state index is 13.9. The number of methoxy groups -OCH3 is 2. The Balaban J connectivity index is 1.65. The van der Waals surface area contributed by atoms with Crippen LogP contribution < -0.4 is 24.5 Å². The number of pyridine rings is 1. The van der Waals surface area contributed by atoms with E-state index in [0.717, 1.165) is 22.6 Å². The molecular formula is C32H26F2N2O5. The second-order valence-corrected chi connectivity index (χ2v) is 9.26. The summed E-state index contributed by atoms with van der Waals surface area (Å²) in [5.74, 6) is -0.946. The first-order valence-corrected chi connectivity index (χ1v) is 12.6. The van der Waals surface area contributed by atoms with Crippen LogP contribution in [0.2, 0.25) is 0 Å². The van der Waals surface area contributed by atoms with E-state index in [9.17, 15) is 18.4 Å². The van der Waals surface area contributed by atoms with E-state index in [0.29, 0.717) is 41.1 Å². The van der Waals surface area contributed by atoms with Gasteiger partial charge in [0.2, 0.25) is 5.43 Å². The molecule has 5 aromatic rings. The molecule has 0 aliphatic carbocycles. The van der Waals surface area contributed by atoms with Crippen LogP contribution in [-0.2, 0) is 6.61 Å². The zero-order valence-electron chi connectivity index (χ0n) is 22.6. The zero-order valence-corrected chi connectivity index (χ0v) is 22.6. The van der Waals surface area contributed by atoms with Gasteiger partial charge in [0.05, 0.1) is 25.4 Å². The molecule has 0 fully saturated rings. The maximum Gasteiger partial charge on any atom is 0.263 e. The summed E-state index contributed by atoms with van der Waals surface area (Å²) in [5.41, 5.74) is 1.19. The van der Waals surface area contributed by atoms with Gasteiger partial charge in [-0.25, -0.2) is 8.78 Å². The molecule has 0 spiro atoms. The van der Waals surface area contributed by atoms with Crippen molar-refractivity contribution < 1.29 is 27.8 Å². The number of carbonyl (C=O) groups is 1. The summed E-state index contributed by atoms with van der Waals surface area (Å²) in [6, 6.07) is 22.5. The third-order valence-electron chi connectivity index (χ3n) is 6.61. The fourth-order valence-corrected chi connectivity index (χ4v) is 4.47. The van der Waals surface area contributed by atoms with Gasteiger partial charge in [-0.2, -0.15) is 0 Å². The molecule has 0 aliphatic rings. The lowest BCUT2D eigenvalue weighted by atomic mass is 10.1. The van der Waals surface area contributed by atoms with Gasteiger partial charge in [-0.05, 0) is 29.8 Å². The molecule has 1 heterocycles. The molecule has 0 atom stereocenters. The number of benzene rings is 4. The SMILES string of the molecule is COc1cc(OCc2ccccc2)cc(-n2cc(C(=O)N(C)c3cc(F)cc(F)c3)c(=O)c3ccc(OC)cc32)c1. The van der Waals surface area contributed by atoms with Gasteiger partial charge in [0.15, 0.2) is 0 Å². The van der Waals surface area contributed by atoms with Crippen molar-refractivity contribution in [1.82, 2.24) is 4.57 Å². The number of ether oxygens (including phenoxy) is 3. The second-order valence-electron chi connectivity index (χ2n) is 9.26. The third-order valence-corrected chi connectivity index (χ3v) is 6.61. The van der Waals surface area contributed by atoms with Crippen LogP contribution in [0.25, 0.3) is 16.6 Å². The van der Waals surface area contributed by atoms with E-state index in [4.69, 9.17) is 14.2 Å². The van der Waals surface area contributed by atoms with Gasteiger partial charge in [0, 0.05) is 54.6 Å². The van der Waals surface area contributed by atoms with E-state index in [1.165, 1.54) is 27.5 Å². The molecule has 7 nitrogen and oxygen atoms in total. The minimum absolute atomic E-state index is 0.0359. The first-order valence-electron chi connectivity index (χ1n) is 12.6. The molecule has 5 rings (SSSR count). The van der Waals surface area contributed by atoms with E-state index in [2.05, 4.69) is 0 Å². The van der Waals surface area contributed by atoms with Crippen LogP contribution >= 0.6 is 0 Å².